The number of rotatable bonds is 0. The molecule has 2 rings (SSSR count). The summed E-state index contributed by atoms with van der Waals surface area (Å²) in [5.41, 5.74) is 2.66. The number of aromatic amines is 1. The van der Waals surface area contributed by atoms with E-state index in [1.165, 1.54) is 11.3 Å². The average Bonchev–Trinajstić information content (AvgIpc) is 2.34. The fourth-order valence-electron chi connectivity index (χ4n) is 1.20. The standard InChI is InChI=1S/C6H8IN3/c7-6-4-1-2-8-3-5(4)9-10-6/h8H,1-3H2,(H,9,10). The van der Waals surface area contributed by atoms with Crippen LogP contribution in [0, 0.1) is 3.70 Å². The summed E-state index contributed by atoms with van der Waals surface area (Å²) in [5, 5.41) is 10.4. The molecule has 1 aromatic heterocycles. The molecule has 10 heavy (non-hydrogen) atoms. The van der Waals surface area contributed by atoms with Crippen LogP contribution in [0.25, 0.3) is 0 Å². The molecule has 0 aromatic carbocycles. The van der Waals surface area contributed by atoms with Gasteiger partial charge < -0.3 is 5.32 Å². The Kier molecular flexibility index (Phi) is 1.65. The van der Waals surface area contributed by atoms with Crippen LogP contribution in [0.4, 0.5) is 0 Å². The Balaban J connectivity index is 2.45. The molecule has 0 saturated heterocycles. The van der Waals surface area contributed by atoms with Crippen molar-refractivity contribution in [3.05, 3.63) is 15.0 Å². The highest BCUT2D eigenvalue weighted by Crippen LogP contribution is 2.16. The van der Waals surface area contributed by atoms with Gasteiger partial charge in [0.05, 0.1) is 5.69 Å². The van der Waals surface area contributed by atoms with Crippen LogP contribution in [0.3, 0.4) is 0 Å². The Morgan fingerprint density at radius 2 is 2.40 bits per heavy atom. The molecule has 0 spiro atoms. The van der Waals surface area contributed by atoms with E-state index in [1.807, 2.05) is 0 Å². The maximum absolute atomic E-state index is 4.12. The Hall–Kier alpha value is -0.100. The zero-order valence-corrected chi connectivity index (χ0v) is 7.60. The molecule has 0 saturated carbocycles. The number of aromatic nitrogens is 2. The van der Waals surface area contributed by atoms with Gasteiger partial charge in [-0.25, -0.2) is 0 Å². The van der Waals surface area contributed by atoms with Gasteiger partial charge in [0.25, 0.3) is 0 Å². The van der Waals surface area contributed by atoms with Crippen LogP contribution in [-0.2, 0) is 13.0 Å². The van der Waals surface area contributed by atoms with Crippen molar-refractivity contribution in [2.75, 3.05) is 6.54 Å². The molecule has 0 fully saturated rings. The Labute approximate surface area is 72.7 Å². The van der Waals surface area contributed by atoms with Crippen LogP contribution in [0.5, 0.6) is 0 Å². The van der Waals surface area contributed by atoms with Crippen molar-refractivity contribution in [2.24, 2.45) is 0 Å². The molecule has 0 amide bonds. The lowest BCUT2D eigenvalue weighted by molar-refractivity contribution is 0.632. The average molecular weight is 249 g/mol. The number of hydrogen-bond donors (Lipinski definition) is 2. The van der Waals surface area contributed by atoms with Crippen LogP contribution in [0.2, 0.25) is 0 Å². The number of H-pyrrole nitrogens is 1. The van der Waals surface area contributed by atoms with Crippen molar-refractivity contribution >= 4 is 22.6 Å². The van der Waals surface area contributed by atoms with Crippen LogP contribution in [-0.4, -0.2) is 16.7 Å². The van der Waals surface area contributed by atoms with E-state index in [-0.39, 0.29) is 0 Å². The van der Waals surface area contributed by atoms with Gasteiger partial charge in [-0.1, -0.05) is 0 Å². The Morgan fingerprint density at radius 1 is 1.50 bits per heavy atom. The zero-order valence-electron chi connectivity index (χ0n) is 5.45. The molecule has 4 heteroatoms. The van der Waals surface area contributed by atoms with E-state index in [0.717, 1.165) is 23.2 Å². The highest BCUT2D eigenvalue weighted by molar-refractivity contribution is 14.1. The second-order valence-corrected chi connectivity index (χ2v) is 3.42. The van der Waals surface area contributed by atoms with Crippen LogP contribution in [0.15, 0.2) is 0 Å². The summed E-state index contributed by atoms with van der Waals surface area (Å²) in [6.07, 6.45) is 1.12. The fraction of sp³-hybridized carbons (Fsp3) is 0.500. The van der Waals surface area contributed by atoms with Gasteiger partial charge in [-0.05, 0) is 35.6 Å². The van der Waals surface area contributed by atoms with E-state index in [4.69, 9.17) is 0 Å². The highest BCUT2D eigenvalue weighted by atomic mass is 127. The molecule has 0 unspecified atom stereocenters. The highest BCUT2D eigenvalue weighted by Gasteiger charge is 2.13. The van der Waals surface area contributed by atoms with Crippen molar-refractivity contribution in [2.45, 2.75) is 13.0 Å². The van der Waals surface area contributed by atoms with Crippen molar-refractivity contribution in [1.82, 2.24) is 15.5 Å². The normalized spacial score (nSPS) is 16.9. The number of hydrogen-bond acceptors (Lipinski definition) is 2. The SMILES string of the molecule is Ic1n[nH]c2c1CCNC2. The second kappa shape index (κ2) is 2.50. The minimum atomic E-state index is 0.950. The van der Waals surface area contributed by atoms with Crippen LogP contribution < -0.4 is 5.32 Å². The third-order valence-corrected chi connectivity index (χ3v) is 2.65. The third kappa shape index (κ3) is 0.950. The minimum Gasteiger partial charge on any atom is -0.311 e. The molecule has 0 atom stereocenters. The quantitative estimate of drug-likeness (QED) is 0.663. The molecule has 0 aliphatic carbocycles. The van der Waals surface area contributed by atoms with Gasteiger partial charge in [0, 0.05) is 12.1 Å². The summed E-state index contributed by atoms with van der Waals surface area (Å²) in [6.45, 7) is 2.04. The summed E-state index contributed by atoms with van der Waals surface area (Å²) in [7, 11) is 0. The molecular formula is C6H8IN3. The van der Waals surface area contributed by atoms with Gasteiger partial charge in [0.2, 0.25) is 0 Å². The van der Waals surface area contributed by atoms with Gasteiger partial charge in [0.1, 0.15) is 3.70 Å². The number of halogens is 1. The lowest BCUT2D eigenvalue weighted by atomic mass is 10.1. The second-order valence-electron chi connectivity index (χ2n) is 2.40. The minimum absolute atomic E-state index is 0.950. The molecule has 0 bridgehead atoms. The predicted molar refractivity (Wildman–Crippen MR) is 46.7 cm³/mol. The molecule has 1 aromatic rings. The summed E-state index contributed by atoms with van der Waals surface area (Å²) in [4.78, 5) is 0. The van der Waals surface area contributed by atoms with Crippen LogP contribution >= 0.6 is 22.6 Å². The molecule has 1 aliphatic heterocycles. The van der Waals surface area contributed by atoms with Gasteiger partial charge >= 0.3 is 0 Å². The third-order valence-electron chi connectivity index (χ3n) is 1.76. The zero-order chi connectivity index (χ0) is 6.97. The first-order valence-corrected chi connectivity index (χ1v) is 4.38. The maximum atomic E-state index is 4.12. The molecule has 1 aliphatic rings. The van der Waals surface area contributed by atoms with Gasteiger partial charge in [-0.2, -0.15) is 5.10 Å². The molecule has 0 radical (unpaired) electrons. The molecule has 2 N–H and O–H groups in total. The lowest BCUT2D eigenvalue weighted by Crippen LogP contribution is -2.23. The smallest absolute Gasteiger partial charge is 0.126 e. The van der Waals surface area contributed by atoms with E-state index in [2.05, 4.69) is 38.1 Å². The summed E-state index contributed by atoms with van der Waals surface area (Å²) in [6, 6.07) is 0. The fourth-order valence-corrected chi connectivity index (χ4v) is 1.92. The van der Waals surface area contributed by atoms with E-state index < -0.39 is 0 Å². The van der Waals surface area contributed by atoms with Crippen molar-refractivity contribution < 1.29 is 0 Å². The van der Waals surface area contributed by atoms with Gasteiger partial charge in [-0.15, -0.1) is 0 Å². The molecule has 3 nitrogen and oxygen atoms in total. The van der Waals surface area contributed by atoms with Crippen LogP contribution in [0.1, 0.15) is 11.3 Å². The Morgan fingerprint density at radius 3 is 3.20 bits per heavy atom. The summed E-state index contributed by atoms with van der Waals surface area (Å²) in [5.74, 6) is 0. The van der Waals surface area contributed by atoms with Gasteiger partial charge in [0.15, 0.2) is 0 Å². The van der Waals surface area contributed by atoms with E-state index in [0.29, 0.717) is 0 Å². The first-order chi connectivity index (χ1) is 4.88. The first kappa shape index (κ1) is 6.60. The monoisotopic (exact) mass is 249 g/mol. The van der Waals surface area contributed by atoms with E-state index >= 15 is 0 Å². The summed E-state index contributed by atoms with van der Waals surface area (Å²) >= 11 is 2.27. The predicted octanol–water partition coefficient (Wildman–Crippen LogP) is 0.660. The van der Waals surface area contributed by atoms with Crippen molar-refractivity contribution in [3.8, 4) is 0 Å². The van der Waals surface area contributed by atoms with E-state index in [9.17, 15) is 0 Å². The molecule has 2 heterocycles. The maximum Gasteiger partial charge on any atom is 0.126 e. The van der Waals surface area contributed by atoms with Crippen molar-refractivity contribution in [1.29, 1.82) is 0 Å². The Bertz CT molecular complexity index is 243. The largest absolute Gasteiger partial charge is 0.311 e. The molecule has 54 valence electrons. The molecular weight excluding hydrogens is 241 g/mol. The van der Waals surface area contributed by atoms with Gasteiger partial charge in [-0.3, -0.25) is 5.10 Å². The topological polar surface area (TPSA) is 40.7 Å². The number of nitrogens with one attached hydrogen (secondary N) is 2. The number of nitrogens with zero attached hydrogens (tertiary/aromatic N) is 1. The van der Waals surface area contributed by atoms with E-state index in [1.54, 1.807) is 0 Å². The summed E-state index contributed by atoms with van der Waals surface area (Å²) < 4.78 is 1.13. The van der Waals surface area contributed by atoms with Crippen molar-refractivity contribution in [3.63, 3.8) is 0 Å². The lowest BCUT2D eigenvalue weighted by Gasteiger charge is -2.10. The first-order valence-electron chi connectivity index (χ1n) is 3.30. The number of fused-ring (bicyclic) bond motifs is 1.